The number of benzene rings is 1. The van der Waals surface area contributed by atoms with Crippen molar-refractivity contribution < 1.29 is 9.59 Å². The number of aryl methyl sites for hydroxylation is 1. The number of hydrogen-bond donors (Lipinski definition) is 2. The Morgan fingerprint density at radius 2 is 2.33 bits per heavy atom. The number of amides is 2. The molecule has 0 unspecified atom stereocenters. The first-order chi connectivity index (χ1) is 10.1. The number of aromatic nitrogens is 1. The predicted octanol–water partition coefficient (Wildman–Crippen LogP) is 1.74. The molecule has 108 valence electrons. The van der Waals surface area contributed by atoms with Crippen molar-refractivity contribution in [1.82, 2.24) is 15.6 Å². The largest absolute Gasteiger partial charge is 0.354 e. The third-order valence-electron chi connectivity index (χ3n) is 3.35. The van der Waals surface area contributed by atoms with Crippen LogP contribution in [0.2, 0.25) is 0 Å². The minimum atomic E-state index is -0.429. The Morgan fingerprint density at radius 1 is 1.48 bits per heavy atom. The van der Waals surface area contributed by atoms with Crippen LogP contribution >= 0.6 is 11.3 Å². The van der Waals surface area contributed by atoms with E-state index in [9.17, 15) is 9.59 Å². The molecular weight excluding hydrogens is 286 g/mol. The van der Waals surface area contributed by atoms with Crippen LogP contribution in [0.5, 0.6) is 0 Å². The van der Waals surface area contributed by atoms with Crippen molar-refractivity contribution in [2.45, 2.75) is 19.4 Å². The summed E-state index contributed by atoms with van der Waals surface area (Å²) in [7, 11) is 0. The van der Waals surface area contributed by atoms with Gasteiger partial charge >= 0.3 is 0 Å². The standard InChI is InChI=1S/C15H15N3O2S/c1-9-3-2-4-10(7-9)15-17-8-12(21-15)14(20)18-11-5-6-16-13(11)19/h2-4,7-8,11H,5-6H2,1H3,(H,16,19)(H,18,20)/t11-/m0/s1. The van der Waals surface area contributed by atoms with E-state index in [1.165, 1.54) is 11.3 Å². The summed E-state index contributed by atoms with van der Waals surface area (Å²) in [6, 6.07) is 7.56. The van der Waals surface area contributed by atoms with Crippen LogP contribution < -0.4 is 10.6 Å². The average molecular weight is 301 g/mol. The lowest BCUT2D eigenvalue weighted by Gasteiger charge is -2.07. The number of rotatable bonds is 3. The van der Waals surface area contributed by atoms with Crippen LogP contribution in [0.15, 0.2) is 30.5 Å². The third kappa shape index (κ3) is 2.95. The van der Waals surface area contributed by atoms with Crippen LogP contribution in [0, 0.1) is 6.92 Å². The van der Waals surface area contributed by atoms with Gasteiger partial charge in [0.2, 0.25) is 5.91 Å². The van der Waals surface area contributed by atoms with E-state index in [1.54, 1.807) is 6.20 Å². The summed E-state index contributed by atoms with van der Waals surface area (Å²) in [5, 5.41) is 6.24. The van der Waals surface area contributed by atoms with Gasteiger partial charge in [-0.15, -0.1) is 11.3 Å². The first-order valence-electron chi connectivity index (χ1n) is 6.75. The van der Waals surface area contributed by atoms with Crippen molar-refractivity contribution in [3.63, 3.8) is 0 Å². The van der Waals surface area contributed by atoms with Gasteiger partial charge in [0.05, 0.1) is 6.20 Å². The van der Waals surface area contributed by atoms with Gasteiger partial charge in [-0.25, -0.2) is 4.98 Å². The monoisotopic (exact) mass is 301 g/mol. The molecule has 6 heteroatoms. The molecule has 3 rings (SSSR count). The second kappa shape index (κ2) is 5.65. The summed E-state index contributed by atoms with van der Waals surface area (Å²) in [5.41, 5.74) is 2.15. The highest BCUT2D eigenvalue weighted by Crippen LogP contribution is 2.25. The zero-order valence-electron chi connectivity index (χ0n) is 11.6. The Kier molecular flexibility index (Phi) is 3.70. The SMILES string of the molecule is Cc1cccc(-c2ncc(C(=O)N[C@H]3CCNC3=O)s2)c1. The zero-order chi connectivity index (χ0) is 14.8. The Labute approximate surface area is 126 Å². The highest BCUT2D eigenvalue weighted by molar-refractivity contribution is 7.16. The number of nitrogens with zero attached hydrogens (tertiary/aromatic N) is 1. The molecule has 1 aromatic heterocycles. The lowest BCUT2D eigenvalue weighted by Crippen LogP contribution is -2.39. The van der Waals surface area contributed by atoms with E-state index in [0.29, 0.717) is 17.8 Å². The molecular formula is C15H15N3O2S. The van der Waals surface area contributed by atoms with E-state index in [-0.39, 0.29) is 11.8 Å². The lowest BCUT2D eigenvalue weighted by molar-refractivity contribution is -0.120. The molecule has 1 aliphatic heterocycles. The number of carbonyl (C=O) groups is 2. The first kappa shape index (κ1) is 13.8. The van der Waals surface area contributed by atoms with Gasteiger partial charge in [-0.3, -0.25) is 9.59 Å². The van der Waals surface area contributed by atoms with Gasteiger partial charge in [-0.1, -0.05) is 23.8 Å². The first-order valence-corrected chi connectivity index (χ1v) is 7.56. The normalized spacial score (nSPS) is 17.6. The molecule has 1 atom stereocenters. The highest BCUT2D eigenvalue weighted by atomic mass is 32.1. The number of carbonyl (C=O) groups excluding carboxylic acids is 2. The van der Waals surface area contributed by atoms with Crippen molar-refractivity contribution in [3.05, 3.63) is 40.9 Å². The summed E-state index contributed by atoms with van der Waals surface area (Å²) >= 11 is 1.33. The minimum absolute atomic E-state index is 0.119. The summed E-state index contributed by atoms with van der Waals surface area (Å²) < 4.78 is 0. The zero-order valence-corrected chi connectivity index (χ0v) is 12.4. The van der Waals surface area contributed by atoms with Crippen LogP contribution in [0.4, 0.5) is 0 Å². The Balaban J connectivity index is 1.75. The van der Waals surface area contributed by atoms with E-state index < -0.39 is 6.04 Å². The van der Waals surface area contributed by atoms with E-state index in [2.05, 4.69) is 15.6 Å². The second-order valence-electron chi connectivity index (χ2n) is 5.00. The minimum Gasteiger partial charge on any atom is -0.354 e. The molecule has 21 heavy (non-hydrogen) atoms. The molecule has 0 radical (unpaired) electrons. The van der Waals surface area contributed by atoms with Gasteiger partial charge in [0, 0.05) is 12.1 Å². The van der Waals surface area contributed by atoms with Gasteiger partial charge in [-0.05, 0) is 19.4 Å². The molecule has 0 aliphatic carbocycles. The molecule has 0 saturated carbocycles. The van der Waals surface area contributed by atoms with Crippen LogP contribution in [0.3, 0.4) is 0 Å². The third-order valence-corrected chi connectivity index (χ3v) is 4.39. The lowest BCUT2D eigenvalue weighted by atomic mass is 10.1. The van der Waals surface area contributed by atoms with Gasteiger partial charge in [-0.2, -0.15) is 0 Å². The van der Waals surface area contributed by atoms with E-state index in [4.69, 9.17) is 0 Å². The summed E-state index contributed by atoms with van der Waals surface area (Å²) in [6.45, 7) is 2.63. The van der Waals surface area contributed by atoms with E-state index in [1.807, 2.05) is 31.2 Å². The summed E-state index contributed by atoms with van der Waals surface area (Å²) in [6.07, 6.45) is 2.19. The molecule has 5 nitrogen and oxygen atoms in total. The molecule has 0 spiro atoms. The van der Waals surface area contributed by atoms with Crippen LogP contribution in [0.1, 0.15) is 21.7 Å². The van der Waals surface area contributed by atoms with Gasteiger partial charge in [0.1, 0.15) is 15.9 Å². The fourth-order valence-electron chi connectivity index (χ4n) is 2.25. The average Bonchev–Trinajstić information content (AvgIpc) is 3.09. The van der Waals surface area contributed by atoms with Crippen molar-refractivity contribution in [1.29, 1.82) is 0 Å². The maximum Gasteiger partial charge on any atom is 0.263 e. The second-order valence-corrected chi connectivity index (χ2v) is 6.04. The van der Waals surface area contributed by atoms with Crippen LogP contribution in [-0.4, -0.2) is 29.4 Å². The van der Waals surface area contributed by atoms with Gasteiger partial charge < -0.3 is 10.6 Å². The fourth-order valence-corrected chi connectivity index (χ4v) is 3.07. The van der Waals surface area contributed by atoms with E-state index >= 15 is 0 Å². The highest BCUT2D eigenvalue weighted by Gasteiger charge is 2.26. The molecule has 1 aliphatic rings. The number of hydrogen-bond acceptors (Lipinski definition) is 4. The molecule has 1 saturated heterocycles. The Morgan fingerprint density at radius 3 is 3.05 bits per heavy atom. The van der Waals surface area contributed by atoms with Crippen molar-refractivity contribution in [2.75, 3.05) is 6.54 Å². The predicted molar refractivity (Wildman–Crippen MR) is 81.2 cm³/mol. The molecule has 0 bridgehead atoms. The maximum absolute atomic E-state index is 12.1. The number of thiazole rings is 1. The molecule has 1 aromatic carbocycles. The van der Waals surface area contributed by atoms with Crippen LogP contribution in [0.25, 0.3) is 10.6 Å². The number of nitrogens with one attached hydrogen (secondary N) is 2. The van der Waals surface area contributed by atoms with Crippen molar-refractivity contribution in [2.24, 2.45) is 0 Å². The van der Waals surface area contributed by atoms with Crippen LogP contribution in [-0.2, 0) is 4.79 Å². The molecule has 1 fully saturated rings. The molecule has 2 amide bonds. The molecule has 2 N–H and O–H groups in total. The quantitative estimate of drug-likeness (QED) is 0.907. The molecule has 2 aromatic rings. The summed E-state index contributed by atoms with van der Waals surface area (Å²) in [4.78, 5) is 28.4. The Bertz CT molecular complexity index is 696. The fraction of sp³-hybridized carbons (Fsp3) is 0.267. The molecule has 2 heterocycles. The summed E-state index contributed by atoms with van der Waals surface area (Å²) in [5.74, 6) is -0.361. The smallest absolute Gasteiger partial charge is 0.263 e. The van der Waals surface area contributed by atoms with Gasteiger partial charge in [0.25, 0.3) is 5.91 Å². The van der Waals surface area contributed by atoms with Crippen molar-refractivity contribution in [3.8, 4) is 10.6 Å². The van der Waals surface area contributed by atoms with Crippen molar-refractivity contribution >= 4 is 23.2 Å². The Hall–Kier alpha value is -2.21. The maximum atomic E-state index is 12.1. The van der Waals surface area contributed by atoms with Gasteiger partial charge in [0.15, 0.2) is 0 Å². The van der Waals surface area contributed by atoms with E-state index in [0.717, 1.165) is 16.1 Å². The topological polar surface area (TPSA) is 71.1 Å².